The molecule has 2 atom stereocenters. The van der Waals surface area contributed by atoms with Gasteiger partial charge >= 0.3 is 5.97 Å². The Morgan fingerprint density at radius 3 is 2.67 bits per heavy atom. The predicted molar refractivity (Wildman–Crippen MR) is 118 cm³/mol. The van der Waals surface area contributed by atoms with Gasteiger partial charge in [-0.1, -0.05) is 13.3 Å². The maximum absolute atomic E-state index is 15.2. The predicted octanol–water partition coefficient (Wildman–Crippen LogP) is 3.70. The van der Waals surface area contributed by atoms with E-state index >= 15 is 4.39 Å². The summed E-state index contributed by atoms with van der Waals surface area (Å²) in [4.78, 5) is 26.3. The van der Waals surface area contributed by atoms with E-state index < -0.39 is 17.3 Å². The molecule has 0 radical (unpaired) electrons. The molecule has 1 aliphatic heterocycles. The Labute approximate surface area is 181 Å². The highest BCUT2D eigenvalue weighted by Gasteiger charge is 2.33. The molecule has 2 aromatic rings. The summed E-state index contributed by atoms with van der Waals surface area (Å²) < 4.78 is 16.4. The average molecular weight is 438 g/mol. The Hall–Kier alpha value is -2.12. The molecule has 0 aromatic carbocycles. The molecule has 1 saturated carbocycles. The molecule has 164 valence electrons. The third kappa shape index (κ3) is 3.81. The Morgan fingerprint density at radius 1 is 1.37 bits per heavy atom. The number of carbonyl (C=O) groups is 1. The number of hydrogen-bond donors (Lipinski definition) is 2. The first-order chi connectivity index (χ1) is 13.8. The third-order valence-electron chi connectivity index (χ3n) is 6.46. The van der Waals surface area contributed by atoms with Crippen LogP contribution in [0.1, 0.15) is 66.4 Å². The standard InChI is InChI=1S/C22H28FN3O3.ClH/c1-3-4-18(24)14-7-8-25(10-14)20-12(2)19-15(13-5-6-13)9-16(22(28)29)21(27)26(19)11-17(20)23;/h9,11,13-14,18H,3-8,10,24H2,1-2H3,(H,28,29);1H. The molecular weight excluding hydrogens is 409 g/mol. The number of pyridine rings is 2. The zero-order chi connectivity index (χ0) is 20.9. The van der Waals surface area contributed by atoms with E-state index in [4.69, 9.17) is 5.73 Å². The Balaban J connectivity index is 0.00000256. The topological polar surface area (TPSA) is 88.0 Å². The van der Waals surface area contributed by atoms with Gasteiger partial charge in [0.2, 0.25) is 0 Å². The molecule has 6 nitrogen and oxygen atoms in total. The van der Waals surface area contributed by atoms with Crippen molar-refractivity contribution in [1.29, 1.82) is 0 Å². The molecule has 0 spiro atoms. The molecular formula is C22H29ClFN3O3. The highest BCUT2D eigenvalue weighted by Crippen LogP contribution is 2.44. The lowest BCUT2D eigenvalue weighted by Crippen LogP contribution is -2.33. The molecule has 4 rings (SSSR count). The SMILES string of the molecule is CCCC(N)C1CCN(c2c(F)cn3c(=O)c(C(=O)O)cc(C4CC4)c3c2C)C1.Cl. The summed E-state index contributed by atoms with van der Waals surface area (Å²) in [5.74, 6) is -1.22. The third-order valence-corrected chi connectivity index (χ3v) is 6.46. The zero-order valence-corrected chi connectivity index (χ0v) is 18.2. The second-order valence-corrected chi connectivity index (χ2v) is 8.51. The van der Waals surface area contributed by atoms with E-state index in [-0.39, 0.29) is 29.9 Å². The highest BCUT2D eigenvalue weighted by atomic mass is 35.5. The van der Waals surface area contributed by atoms with Crippen molar-refractivity contribution >= 4 is 29.6 Å². The number of carboxylic acid groups (broad SMARTS) is 1. The number of carboxylic acids is 1. The van der Waals surface area contributed by atoms with Gasteiger partial charge in [-0.15, -0.1) is 12.4 Å². The van der Waals surface area contributed by atoms with Gasteiger partial charge in [-0.25, -0.2) is 9.18 Å². The van der Waals surface area contributed by atoms with Crippen molar-refractivity contribution in [2.75, 3.05) is 18.0 Å². The van der Waals surface area contributed by atoms with Crippen LogP contribution in [0.3, 0.4) is 0 Å². The van der Waals surface area contributed by atoms with Crippen molar-refractivity contribution in [3.63, 3.8) is 0 Å². The van der Waals surface area contributed by atoms with Gasteiger partial charge < -0.3 is 15.7 Å². The molecule has 2 aromatic heterocycles. The molecule has 1 aliphatic carbocycles. The summed E-state index contributed by atoms with van der Waals surface area (Å²) in [7, 11) is 0. The van der Waals surface area contributed by atoms with E-state index in [0.717, 1.165) is 50.4 Å². The van der Waals surface area contributed by atoms with Crippen molar-refractivity contribution in [2.45, 2.75) is 57.9 Å². The van der Waals surface area contributed by atoms with E-state index in [1.807, 2.05) is 11.8 Å². The first-order valence-corrected chi connectivity index (χ1v) is 10.5. The van der Waals surface area contributed by atoms with Crippen LogP contribution in [0.2, 0.25) is 0 Å². The van der Waals surface area contributed by atoms with Gasteiger partial charge in [0.25, 0.3) is 5.56 Å². The summed E-state index contributed by atoms with van der Waals surface area (Å²) in [5.41, 5.74) is 8.02. The van der Waals surface area contributed by atoms with E-state index in [1.54, 1.807) is 0 Å². The van der Waals surface area contributed by atoms with E-state index in [1.165, 1.54) is 10.5 Å². The number of aromatic carboxylic acids is 1. The number of aryl methyl sites for hydroxylation is 1. The van der Waals surface area contributed by atoms with Crippen LogP contribution in [-0.4, -0.2) is 34.6 Å². The van der Waals surface area contributed by atoms with Gasteiger partial charge in [0.15, 0.2) is 5.82 Å². The maximum atomic E-state index is 15.2. The van der Waals surface area contributed by atoms with Crippen molar-refractivity contribution in [2.24, 2.45) is 11.7 Å². The van der Waals surface area contributed by atoms with Gasteiger partial charge in [0.05, 0.1) is 17.4 Å². The van der Waals surface area contributed by atoms with Crippen molar-refractivity contribution < 1.29 is 14.3 Å². The number of anilines is 1. The van der Waals surface area contributed by atoms with Crippen LogP contribution in [0.15, 0.2) is 17.1 Å². The molecule has 3 heterocycles. The molecule has 2 unspecified atom stereocenters. The van der Waals surface area contributed by atoms with E-state index in [9.17, 15) is 14.7 Å². The second kappa shape index (κ2) is 8.55. The van der Waals surface area contributed by atoms with Crippen LogP contribution < -0.4 is 16.2 Å². The summed E-state index contributed by atoms with van der Waals surface area (Å²) >= 11 is 0. The van der Waals surface area contributed by atoms with Crippen LogP contribution in [0, 0.1) is 18.7 Å². The fourth-order valence-corrected chi connectivity index (χ4v) is 4.80. The largest absolute Gasteiger partial charge is 0.477 e. The summed E-state index contributed by atoms with van der Waals surface area (Å²) in [6, 6.07) is 1.60. The lowest BCUT2D eigenvalue weighted by molar-refractivity contribution is 0.0694. The van der Waals surface area contributed by atoms with Gasteiger partial charge in [0, 0.05) is 19.1 Å². The monoisotopic (exact) mass is 437 g/mol. The smallest absolute Gasteiger partial charge is 0.341 e. The number of rotatable bonds is 6. The average Bonchev–Trinajstić information content (AvgIpc) is 3.40. The van der Waals surface area contributed by atoms with Crippen molar-refractivity contribution in [3.05, 3.63) is 45.1 Å². The number of halogens is 2. The van der Waals surface area contributed by atoms with Gasteiger partial charge in [-0.3, -0.25) is 9.20 Å². The minimum absolute atomic E-state index is 0. The number of hydrogen-bond acceptors (Lipinski definition) is 4. The summed E-state index contributed by atoms with van der Waals surface area (Å²) in [6.45, 7) is 5.37. The number of fused-ring (bicyclic) bond motifs is 1. The van der Waals surface area contributed by atoms with E-state index in [2.05, 4.69) is 6.92 Å². The van der Waals surface area contributed by atoms with E-state index in [0.29, 0.717) is 29.2 Å². The number of nitrogens with zero attached hydrogens (tertiary/aromatic N) is 2. The fraction of sp³-hybridized carbons (Fsp3) is 0.545. The molecule has 0 amide bonds. The highest BCUT2D eigenvalue weighted by molar-refractivity contribution is 5.89. The Bertz CT molecular complexity index is 1030. The molecule has 1 saturated heterocycles. The van der Waals surface area contributed by atoms with Crippen LogP contribution in [0.25, 0.3) is 5.52 Å². The van der Waals surface area contributed by atoms with Crippen LogP contribution >= 0.6 is 12.4 Å². The second-order valence-electron chi connectivity index (χ2n) is 8.51. The molecule has 3 N–H and O–H groups in total. The van der Waals surface area contributed by atoms with Crippen molar-refractivity contribution in [1.82, 2.24) is 4.40 Å². The quantitative estimate of drug-likeness (QED) is 0.719. The summed E-state index contributed by atoms with van der Waals surface area (Å²) in [6.07, 6.45) is 5.98. The minimum Gasteiger partial charge on any atom is -0.477 e. The normalized spacial score (nSPS) is 19.7. The van der Waals surface area contributed by atoms with Gasteiger partial charge in [-0.05, 0) is 61.6 Å². The summed E-state index contributed by atoms with van der Waals surface area (Å²) in [5, 5.41) is 9.42. The lowest BCUT2D eigenvalue weighted by atomic mass is 9.96. The first kappa shape index (κ1) is 22.6. The van der Waals surface area contributed by atoms with Crippen LogP contribution in [-0.2, 0) is 0 Å². The molecule has 2 aliphatic rings. The maximum Gasteiger partial charge on any atom is 0.341 e. The Kier molecular flexibility index (Phi) is 6.43. The first-order valence-electron chi connectivity index (χ1n) is 10.5. The van der Waals surface area contributed by atoms with Gasteiger partial charge in [-0.2, -0.15) is 0 Å². The van der Waals surface area contributed by atoms with Crippen LogP contribution in [0.5, 0.6) is 0 Å². The number of nitrogens with two attached hydrogens (primary N) is 1. The number of aromatic nitrogens is 1. The van der Waals surface area contributed by atoms with Crippen molar-refractivity contribution in [3.8, 4) is 0 Å². The zero-order valence-electron chi connectivity index (χ0n) is 17.4. The molecule has 0 bridgehead atoms. The minimum atomic E-state index is -1.28. The Morgan fingerprint density at radius 2 is 2.07 bits per heavy atom. The molecule has 30 heavy (non-hydrogen) atoms. The van der Waals surface area contributed by atoms with Crippen LogP contribution in [0.4, 0.5) is 10.1 Å². The van der Waals surface area contributed by atoms with Gasteiger partial charge in [0.1, 0.15) is 5.56 Å². The lowest BCUT2D eigenvalue weighted by Gasteiger charge is -2.25. The fourth-order valence-electron chi connectivity index (χ4n) is 4.80. The molecule has 8 heteroatoms. The molecule has 2 fully saturated rings.